The van der Waals surface area contributed by atoms with Gasteiger partial charge in [-0.05, 0) is 13.8 Å². The number of nitrogens with one attached hydrogen (secondary N) is 1. The molecule has 1 rings (SSSR count). The van der Waals surface area contributed by atoms with Gasteiger partial charge in [-0.3, -0.25) is 4.90 Å². The van der Waals surface area contributed by atoms with Crippen LogP contribution in [0.15, 0.2) is 0 Å². The molecule has 0 aromatic rings. The van der Waals surface area contributed by atoms with Crippen LogP contribution >= 0.6 is 0 Å². The number of piperazine rings is 1. The Labute approximate surface area is 90.7 Å². The van der Waals surface area contributed by atoms with Crippen molar-refractivity contribution >= 4 is 5.97 Å². The van der Waals surface area contributed by atoms with Gasteiger partial charge in [-0.15, -0.1) is 0 Å². The second-order valence-corrected chi connectivity index (χ2v) is 3.35. The monoisotopic (exact) mass is 216 g/mol. The maximum atomic E-state index is 11.6. The van der Waals surface area contributed by atoms with Gasteiger partial charge in [0.2, 0.25) is 6.23 Å². The van der Waals surface area contributed by atoms with Crippen molar-refractivity contribution in [3.8, 4) is 0 Å². The first-order chi connectivity index (χ1) is 7.29. The Kier molecular flexibility index (Phi) is 5.60. The van der Waals surface area contributed by atoms with Gasteiger partial charge in [-0.2, -0.15) is 0 Å². The summed E-state index contributed by atoms with van der Waals surface area (Å²) in [6.07, 6.45) is -0.531. The lowest BCUT2D eigenvalue weighted by Gasteiger charge is -2.32. The van der Waals surface area contributed by atoms with Crippen LogP contribution in [0.3, 0.4) is 0 Å². The average molecular weight is 216 g/mol. The lowest BCUT2D eigenvalue weighted by molar-refractivity contribution is -0.171. The standard InChI is InChI=1S/C10H20N2O3/c1-3-14-9(10(13)15-4-2)12-7-5-11-6-8-12/h9,11H,3-8H2,1-2H3. The Bertz CT molecular complexity index is 193. The fourth-order valence-corrected chi connectivity index (χ4v) is 1.61. The molecule has 1 N–H and O–H groups in total. The summed E-state index contributed by atoms with van der Waals surface area (Å²) in [6, 6.07) is 0. The summed E-state index contributed by atoms with van der Waals surface area (Å²) in [5.74, 6) is -0.277. The van der Waals surface area contributed by atoms with E-state index in [0.717, 1.165) is 26.2 Å². The van der Waals surface area contributed by atoms with Crippen LogP contribution in [-0.4, -0.2) is 56.5 Å². The van der Waals surface area contributed by atoms with Gasteiger partial charge in [0.05, 0.1) is 6.61 Å². The summed E-state index contributed by atoms with van der Waals surface area (Å²) in [5.41, 5.74) is 0. The zero-order valence-electron chi connectivity index (χ0n) is 9.49. The van der Waals surface area contributed by atoms with Gasteiger partial charge >= 0.3 is 5.97 Å². The molecular formula is C10H20N2O3. The van der Waals surface area contributed by atoms with E-state index in [0.29, 0.717) is 13.2 Å². The number of carbonyl (C=O) groups excluding carboxylic acids is 1. The molecule has 5 nitrogen and oxygen atoms in total. The van der Waals surface area contributed by atoms with Gasteiger partial charge in [-0.25, -0.2) is 4.79 Å². The molecule has 1 aliphatic heterocycles. The second kappa shape index (κ2) is 6.76. The molecule has 0 aliphatic carbocycles. The number of rotatable bonds is 5. The van der Waals surface area contributed by atoms with E-state index >= 15 is 0 Å². The second-order valence-electron chi connectivity index (χ2n) is 3.35. The number of esters is 1. The van der Waals surface area contributed by atoms with Crippen LogP contribution in [0, 0.1) is 0 Å². The molecule has 1 atom stereocenters. The molecule has 0 spiro atoms. The molecule has 5 heteroatoms. The highest BCUT2D eigenvalue weighted by molar-refractivity contribution is 5.74. The molecule has 0 radical (unpaired) electrons. The van der Waals surface area contributed by atoms with Gasteiger partial charge in [0.25, 0.3) is 0 Å². The van der Waals surface area contributed by atoms with Crippen molar-refractivity contribution in [2.75, 3.05) is 39.4 Å². The molecule has 1 aliphatic rings. The Balaban J connectivity index is 2.50. The molecule has 0 saturated carbocycles. The summed E-state index contributed by atoms with van der Waals surface area (Å²) in [5, 5.41) is 3.23. The molecule has 1 fully saturated rings. The zero-order chi connectivity index (χ0) is 11.1. The van der Waals surface area contributed by atoms with Crippen molar-refractivity contribution in [3.05, 3.63) is 0 Å². The highest BCUT2D eigenvalue weighted by atomic mass is 16.6. The topological polar surface area (TPSA) is 50.8 Å². The summed E-state index contributed by atoms with van der Waals surface area (Å²) in [6.45, 7) is 8.04. The first-order valence-electron chi connectivity index (χ1n) is 5.52. The van der Waals surface area contributed by atoms with Crippen molar-refractivity contribution in [1.82, 2.24) is 10.2 Å². The quantitative estimate of drug-likeness (QED) is 0.646. The van der Waals surface area contributed by atoms with E-state index in [1.807, 2.05) is 11.8 Å². The predicted octanol–water partition coefficient (Wildman–Crippen LogP) is -0.183. The Morgan fingerprint density at radius 2 is 2.00 bits per heavy atom. The molecule has 15 heavy (non-hydrogen) atoms. The molecule has 88 valence electrons. The highest BCUT2D eigenvalue weighted by Crippen LogP contribution is 2.05. The summed E-state index contributed by atoms with van der Waals surface area (Å²) >= 11 is 0. The lowest BCUT2D eigenvalue weighted by Crippen LogP contribution is -2.52. The summed E-state index contributed by atoms with van der Waals surface area (Å²) < 4.78 is 10.4. The molecule has 0 aromatic carbocycles. The Morgan fingerprint density at radius 1 is 1.33 bits per heavy atom. The first kappa shape index (κ1) is 12.4. The van der Waals surface area contributed by atoms with Crippen LogP contribution < -0.4 is 5.32 Å². The number of hydrogen-bond acceptors (Lipinski definition) is 5. The van der Waals surface area contributed by atoms with Gasteiger partial charge in [0.1, 0.15) is 0 Å². The molecule has 1 saturated heterocycles. The van der Waals surface area contributed by atoms with Crippen LogP contribution in [0.4, 0.5) is 0 Å². The molecule has 1 unspecified atom stereocenters. The van der Waals surface area contributed by atoms with E-state index in [-0.39, 0.29) is 5.97 Å². The molecule has 0 amide bonds. The molecular weight excluding hydrogens is 196 g/mol. The summed E-state index contributed by atoms with van der Waals surface area (Å²) in [4.78, 5) is 13.6. The van der Waals surface area contributed by atoms with Crippen molar-refractivity contribution < 1.29 is 14.3 Å². The first-order valence-corrected chi connectivity index (χ1v) is 5.52. The highest BCUT2D eigenvalue weighted by Gasteiger charge is 2.28. The number of carbonyl (C=O) groups is 1. The minimum Gasteiger partial charge on any atom is -0.463 e. The number of nitrogens with zero attached hydrogens (tertiary/aromatic N) is 1. The minimum atomic E-state index is -0.531. The zero-order valence-corrected chi connectivity index (χ0v) is 9.49. The maximum Gasteiger partial charge on any atom is 0.350 e. The van der Waals surface area contributed by atoms with Crippen LogP contribution in [-0.2, 0) is 14.3 Å². The SMILES string of the molecule is CCOC(=O)C(OCC)N1CCNCC1. The van der Waals surface area contributed by atoms with Crippen molar-refractivity contribution in [2.45, 2.75) is 20.1 Å². The molecule has 1 heterocycles. The molecule has 0 aromatic heterocycles. The average Bonchev–Trinajstić information content (AvgIpc) is 2.27. The number of ether oxygens (including phenoxy) is 2. The van der Waals surface area contributed by atoms with Crippen LogP contribution in [0.5, 0.6) is 0 Å². The number of hydrogen-bond donors (Lipinski definition) is 1. The predicted molar refractivity (Wildman–Crippen MR) is 56.5 cm³/mol. The van der Waals surface area contributed by atoms with Crippen LogP contribution in [0.2, 0.25) is 0 Å². The van der Waals surface area contributed by atoms with E-state index in [9.17, 15) is 4.79 Å². The van der Waals surface area contributed by atoms with E-state index in [1.54, 1.807) is 6.92 Å². The van der Waals surface area contributed by atoms with Crippen molar-refractivity contribution in [3.63, 3.8) is 0 Å². The van der Waals surface area contributed by atoms with E-state index in [4.69, 9.17) is 9.47 Å². The normalized spacial score (nSPS) is 19.9. The third-order valence-electron chi connectivity index (χ3n) is 2.30. The van der Waals surface area contributed by atoms with E-state index in [1.165, 1.54) is 0 Å². The summed E-state index contributed by atoms with van der Waals surface area (Å²) in [7, 11) is 0. The third-order valence-corrected chi connectivity index (χ3v) is 2.30. The largest absolute Gasteiger partial charge is 0.463 e. The molecule has 0 bridgehead atoms. The maximum absolute atomic E-state index is 11.6. The Hall–Kier alpha value is -0.650. The lowest BCUT2D eigenvalue weighted by atomic mass is 10.3. The van der Waals surface area contributed by atoms with Crippen LogP contribution in [0.1, 0.15) is 13.8 Å². The Morgan fingerprint density at radius 3 is 2.53 bits per heavy atom. The third kappa shape index (κ3) is 3.77. The van der Waals surface area contributed by atoms with Gasteiger partial charge in [0.15, 0.2) is 0 Å². The van der Waals surface area contributed by atoms with E-state index in [2.05, 4.69) is 5.32 Å². The van der Waals surface area contributed by atoms with Crippen molar-refractivity contribution in [1.29, 1.82) is 0 Å². The minimum absolute atomic E-state index is 0.277. The fraction of sp³-hybridized carbons (Fsp3) is 0.900. The van der Waals surface area contributed by atoms with Crippen LogP contribution in [0.25, 0.3) is 0 Å². The van der Waals surface area contributed by atoms with Gasteiger partial charge in [-0.1, -0.05) is 0 Å². The smallest absolute Gasteiger partial charge is 0.350 e. The van der Waals surface area contributed by atoms with Gasteiger partial charge < -0.3 is 14.8 Å². The van der Waals surface area contributed by atoms with E-state index < -0.39 is 6.23 Å². The van der Waals surface area contributed by atoms with Gasteiger partial charge in [0, 0.05) is 32.8 Å². The van der Waals surface area contributed by atoms with Crippen molar-refractivity contribution in [2.24, 2.45) is 0 Å². The fourth-order valence-electron chi connectivity index (χ4n) is 1.61.